The van der Waals surface area contributed by atoms with Gasteiger partial charge in [-0.1, -0.05) is 24.4 Å². The lowest BCUT2D eigenvalue weighted by atomic mass is 10.3. The van der Waals surface area contributed by atoms with Gasteiger partial charge in [-0.3, -0.25) is 0 Å². The van der Waals surface area contributed by atoms with Gasteiger partial charge in [-0.2, -0.15) is 0 Å². The highest BCUT2D eigenvalue weighted by molar-refractivity contribution is 8.11. The van der Waals surface area contributed by atoms with Crippen molar-refractivity contribution in [3.05, 3.63) is 0 Å². The van der Waals surface area contributed by atoms with Crippen LogP contribution in [0, 0.1) is 0 Å². The number of ether oxygens (including phenoxy) is 1. The molecule has 0 aliphatic carbocycles. The fraction of sp³-hybridized carbons (Fsp3) is 0.800. The molecular weight excluding hydrogens is 308 g/mol. The molecule has 4 nitrogen and oxygen atoms in total. The van der Waals surface area contributed by atoms with Gasteiger partial charge < -0.3 is 20.1 Å². The Bertz CT molecular complexity index is 277. The van der Waals surface area contributed by atoms with Gasteiger partial charge in [0.15, 0.2) is 0 Å². The zero-order valence-electron chi connectivity index (χ0n) is 10.5. The van der Waals surface area contributed by atoms with Gasteiger partial charge in [-0.25, -0.2) is 0 Å². The van der Waals surface area contributed by atoms with Gasteiger partial charge in [0.05, 0.1) is 18.8 Å². The zero-order valence-corrected chi connectivity index (χ0v) is 13.9. The van der Waals surface area contributed by atoms with Gasteiger partial charge in [0, 0.05) is 19.6 Å². The molecule has 2 N–H and O–H groups in total. The number of hydrogen-bond acceptors (Lipinski definition) is 4. The molecule has 0 spiro atoms. The Balaban J connectivity index is 4.02. The van der Waals surface area contributed by atoms with E-state index in [1.807, 2.05) is 13.8 Å². The molecule has 8 heteroatoms. The zero-order chi connectivity index (χ0) is 14.1. The molecule has 0 saturated heterocycles. The van der Waals surface area contributed by atoms with Crippen LogP contribution in [0.5, 0.6) is 0 Å². The molecule has 0 aromatic heterocycles. The molecular formula is C10H20N2O2S4. The van der Waals surface area contributed by atoms with Crippen LogP contribution in [-0.2, 0) is 4.74 Å². The van der Waals surface area contributed by atoms with E-state index in [1.54, 1.807) is 4.90 Å². The number of thiol groups is 2. The van der Waals surface area contributed by atoms with Crippen LogP contribution in [0.4, 0.5) is 0 Å². The minimum atomic E-state index is -0.597. The van der Waals surface area contributed by atoms with Crippen molar-refractivity contribution in [3.63, 3.8) is 0 Å². The molecule has 0 fully saturated rings. The summed E-state index contributed by atoms with van der Waals surface area (Å²) in [5, 5.41) is 12.7. The second kappa shape index (κ2) is 10.2. The van der Waals surface area contributed by atoms with Crippen LogP contribution in [0.1, 0.15) is 13.8 Å². The molecule has 0 heterocycles. The molecule has 0 radical (unpaired) electrons. The number of hydrogen-bond donors (Lipinski definition) is 4. The smallest absolute Gasteiger partial charge is 0.133 e. The van der Waals surface area contributed by atoms with Crippen molar-refractivity contribution in [2.45, 2.75) is 26.1 Å². The fourth-order valence-corrected chi connectivity index (χ4v) is 1.73. The number of aliphatic hydroxyl groups is 1. The fourth-order valence-electron chi connectivity index (χ4n) is 1.17. The Labute approximate surface area is 130 Å². The molecule has 1 atom stereocenters. The van der Waals surface area contributed by atoms with Crippen molar-refractivity contribution in [2.24, 2.45) is 0 Å². The van der Waals surface area contributed by atoms with Gasteiger partial charge in [0.1, 0.15) is 8.64 Å². The van der Waals surface area contributed by atoms with E-state index >= 15 is 0 Å². The summed E-state index contributed by atoms with van der Waals surface area (Å²) < 4.78 is 6.20. The Morgan fingerprint density at radius 2 is 2.00 bits per heavy atom. The first kappa shape index (κ1) is 18.4. The van der Waals surface area contributed by atoms with Gasteiger partial charge in [-0.15, -0.1) is 25.3 Å². The van der Waals surface area contributed by atoms with Crippen LogP contribution in [0.3, 0.4) is 0 Å². The maximum atomic E-state index is 9.80. The van der Waals surface area contributed by atoms with Crippen molar-refractivity contribution in [3.8, 4) is 0 Å². The number of thiocarbonyl (C=S) groups is 2. The molecule has 0 amide bonds. The minimum absolute atomic E-state index is 0.0966. The third kappa shape index (κ3) is 10.3. The summed E-state index contributed by atoms with van der Waals surface area (Å²) in [6, 6.07) is 0. The quantitative estimate of drug-likeness (QED) is 0.395. The average Bonchev–Trinajstić information content (AvgIpc) is 2.24. The van der Waals surface area contributed by atoms with Crippen molar-refractivity contribution < 1.29 is 9.84 Å². The van der Waals surface area contributed by atoms with Crippen molar-refractivity contribution in [1.29, 1.82) is 0 Å². The van der Waals surface area contributed by atoms with E-state index in [2.05, 4.69) is 30.6 Å². The van der Waals surface area contributed by atoms with Gasteiger partial charge in [0.25, 0.3) is 0 Å². The first-order valence-electron chi connectivity index (χ1n) is 5.57. The van der Waals surface area contributed by atoms with E-state index in [0.29, 0.717) is 28.3 Å². The lowest BCUT2D eigenvalue weighted by Crippen LogP contribution is -2.40. The molecule has 18 heavy (non-hydrogen) atoms. The van der Waals surface area contributed by atoms with Gasteiger partial charge in [-0.05, 0) is 13.8 Å². The maximum absolute atomic E-state index is 9.80. The Morgan fingerprint density at radius 1 is 1.39 bits per heavy atom. The van der Waals surface area contributed by atoms with Crippen LogP contribution < -0.4 is 5.32 Å². The van der Waals surface area contributed by atoms with Crippen LogP contribution in [0.25, 0.3) is 0 Å². The number of rotatable bonds is 8. The van der Waals surface area contributed by atoms with Crippen molar-refractivity contribution in [2.75, 3.05) is 26.2 Å². The van der Waals surface area contributed by atoms with Crippen molar-refractivity contribution >= 4 is 58.3 Å². The third-order valence-corrected chi connectivity index (χ3v) is 2.83. The minimum Gasteiger partial charge on any atom is -0.389 e. The summed E-state index contributed by atoms with van der Waals surface area (Å²) in [7, 11) is 0. The highest BCUT2D eigenvalue weighted by Crippen LogP contribution is 2.01. The van der Waals surface area contributed by atoms with Gasteiger partial charge in [0.2, 0.25) is 0 Å². The van der Waals surface area contributed by atoms with E-state index in [-0.39, 0.29) is 12.7 Å². The molecule has 0 aliphatic rings. The second-order valence-electron chi connectivity index (χ2n) is 4.00. The van der Waals surface area contributed by atoms with Crippen LogP contribution in [-0.4, -0.2) is 57.1 Å². The maximum Gasteiger partial charge on any atom is 0.133 e. The summed E-state index contributed by atoms with van der Waals surface area (Å²) in [6.07, 6.45) is -0.500. The Kier molecular flexibility index (Phi) is 10.4. The number of nitrogens with one attached hydrogen (secondary N) is 1. The summed E-state index contributed by atoms with van der Waals surface area (Å²) in [5.74, 6) is 0. The molecule has 0 rings (SSSR count). The highest BCUT2D eigenvalue weighted by Gasteiger charge is 2.13. The van der Waals surface area contributed by atoms with E-state index in [1.165, 1.54) is 0 Å². The molecule has 0 bridgehead atoms. The standard InChI is InChI=1S/C10H20N2O2S4/c1-7(2)14-6-8(13)5-12(10(17)18)4-3-11-9(15)16/h7-8,13H,3-6H2,1-2H3,(H,17,18)(H2,11,15,16). The van der Waals surface area contributed by atoms with Crippen molar-refractivity contribution in [1.82, 2.24) is 10.2 Å². The number of nitrogens with zero attached hydrogens (tertiary/aromatic N) is 1. The normalized spacial score (nSPS) is 12.3. The molecule has 0 aromatic carbocycles. The van der Waals surface area contributed by atoms with Crippen LogP contribution >= 0.6 is 49.7 Å². The largest absolute Gasteiger partial charge is 0.389 e. The first-order valence-corrected chi connectivity index (χ1v) is 7.28. The van der Waals surface area contributed by atoms with Gasteiger partial charge >= 0.3 is 0 Å². The average molecular weight is 329 g/mol. The first-order chi connectivity index (χ1) is 8.32. The second-order valence-corrected chi connectivity index (χ2v) is 6.27. The highest BCUT2D eigenvalue weighted by atomic mass is 32.1. The van der Waals surface area contributed by atoms with E-state index in [9.17, 15) is 5.11 Å². The Hall–Kier alpha value is 0.400. The van der Waals surface area contributed by atoms with E-state index in [0.717, 1.165) is 0 Å². The molecule has 0 aromatic rings. The molecule has 0 saturated carbocycles. The third-order valence-electron chi connectivity index (χ3n) is 1.98. The van der Waals surface area contributed by atoms with Crippen LogP contribution in [0.15, 0.2) is 0 Å². The predicted molar refractivity (Wildman–Crippen MR) is 89.8 cm³/mol. The number of aliphatic hydroxyl groups excluding tert-OH is 1. The molecule has 0 aliphatic heterocycles. The summed E-state index contributed by atoms with van der Waals surface area (Å²) in [4.78, 5) is 1.78. The van der Waals surface area contributed by atoms with E-state index in [4.69, 9.17) is 29.2 Å². The summed E-state index contributed by atoms with van der Waals surface area (Å²) in [6.45, 7) is 5.71. The Morgan fingerprint density at radius 3 is 2.44 bits per heavy atom. The molecule has 106 valence electrons. The lowest BCUT2D eigenvalue weighted by molar-refractivity contribution is -0.000933. The van der Waals surface area contributed by atoms with Crippen LogP contribution in [0.2, 0.25) is 0 Å². The summed E-state index contributed by atoms with van der Waals surface area (Å²) in [5.41, 5.74) is 0. The summed E-state index contributed by atoms with van der Waals surface area (Å²) >= 11 is 17.9. The monoisotopic (exact) mass is 328 g/mol. The molecule has 1 unspecified atom stereocenters. The predicted octanol–water partition coefficient (Wildman–Crippen LogP) is 1.09. The SMILES string of the molecule is CC(C)OCC(O)CN(CCNC(=S)S)C(=S)S. The van der Waals surface area contributed by atoms with E-state index < -0.39 is 6.10 Å². The topological polar surface area (TPSA) is 44.7 Å². The lowest BCUT2D eigenvalue weighted by Gasteiger charge is -2.26.